The lowest BCUT2D eigenvalue weighted by atomic mass is 10.0. The molecule has 0 saturated carbocycles. The monoisotopic (exact) mass is 396 g/mol. The van der Waals surface area contributed by atoms with Crippen molar-refractivity contribution in [2.24, 2.45) is 0 Å². The number of methoxy groups -OCH3 is 1. The maximum absolute atomic E-state index is 10.2. The first-order valence-corrected chi connectivity index (χ1v) is 8.31. The maximum atomic E-state index is 10.2. The van der Waals surface area contributed by atoms with Crippen LogP contribution in [0.2, 0.25) is 0 Å². The van der Waals surface area contributed by atoms with Crippen LogP contribution in [0.3, 0.4) is 0 Å². The van der Waals surface area contributed by atoms with Gasteiger partial charge in [0.05, 0.1) is 6.54 Å². The Morgan fingerprint density at radius 3 is 2.30 bits per heavy atom. The van der Waals surface area contributed by atoms with Crippen LogP contribution in [-0.4, -0.2) is 56.4 Å². The second-order valence-corrected chi connectivity index (χ2v) is 6.14. The van der Waals surface area contributed by atoms with Gasteiger partial charge in [0.25, 0.3) is 0 Å². The number of nitrogens with zero attached hydrogens (tertiary/aromatic N) is 1. The zero-order valence-electron chi connectivity index (χ0n) is 16.5. The predicted octanol–water partition coefficient (Wildman–Crippen LogP) is -1.14. The van der Waals surface area contributed by atoms with Gasteiger partial charge < -0.3 is 14.7 Å². The van der Waals surface area contributed by atoms with Crippen molar-refractivity contribution in [1.29, 1.82) is 5.26 Å². The molecule has 2 unspecified atom stereocenters. The molecule has 2 atom stereocenters. The van der Waals surface area contributed by atoms with Crippen LogP contribution in [0.15, 0.2) is 0 Å². The van der Waals surface area contributed by atoms with Crippen LogP contribution < -0.4 is 27.2 Å². The molecular formula is C14H32N6O7. The van der Waals surface area contributed by atoms with Gasteiger partial charge >= 0.3 is 6.26 Å². The number of ether oxygens (including phenoxy) is 1. The van der Waals surface area contributed by atoms with Gasteiger partial charge in [-0.25, -0.2) is 41.3 Å². The number of aliphatic hydroxyl groups is 1. The summed E-state index contributed by atoms with van der Waals surface area (Å²) in [4.78, 5) is 24.8. The molecule has 0 aromatic rings. The van der Waals surface area contributed by atoms with E-state index in [2.05, 4.69) is 32.0 Å². The van der Waals surface area contributed by atoms with Crippen LogP contribution in [0, 0.1) is 11.5 Å². The molecule has 0 amide bonds. The molecule has 0 aliphatic heterocycles. The molecule has 0 radical (unpaired) electrons. The average molecular weight is 396 g/mol. The highest BCUT2D eigenvalue weighted by molar-refractivity contribution is 4.78. The summed E-state index contributed by atoms with van der Waals surface area (Å²) in [6.45, 7) is 7.50. The Hall–Kier alpha value is -1.15. The number of hydrogen-bond donors (Lipinski definition) is 6. The van der Waals surface area contributed by atoms with Crippen molar-refractivity contribution in [1.82, 2.24) is 27.2 Å². The number of nitrogens with one attached hydrogen (secondary N) is 5. The molecule has 13 nitrogen and oxygen atoms in total. The van der Waals surface area contributed by atoms with Gasteiger partial charge in [0.1, 0.15) is 37.6 Å². The predicted molar refractivity (Wildman–Crippen MR) is 92.0 cm³/mol. The first-order valence-electron chi connectivity index (χ1n) is 8.31. The van der Waals surface area contributed by atoms with Crippen molar-refractivity contribution in [3.63, 3.8) is 0 Å². The summed E-state index contributed by atoms with van der Waals surface area (Å²) in [5.41, 5.74) is 11.4. The van der Waals surface area contributed by atoms with E-state index in [1.807, 2.05) is 6.92 Å². The molecular weight excluding hydrogens is 364 g/mol. The molecule has 0 spiro atoms. The number of hydrogen-bond acceptors (Lipinski definition) is 13. The Labute approximate surface area is 159 Å². The fourth-order valence-corrected chi connectivity index (χ4v) is 1.45. The molecule has 13 heteroatoms. The van der Waals surface area contributed by atoms with Gasteiger partial charge in [-0.15, -0.1) is 10.7 Å². The summed E-state index contributed by atoms with van der Waals surface area (Å²) in [6, 6.07) is 0. The lowest BCUT2D eigenvalue weighted by Gasteiger charge is -2.32. The second-order valence-electron chi connectivity index (χ2n) is 6.14. The first kappa shape index (κ1) is 25.9. The van der Waals surface area contributed by atoms with Crippen LogP contribution in [0.1, 0.15) is 34.1 Å². The van der Waals surface area contributed by atoms with Crippen LogP contribution in [0.25, 0.3) is 0 Å². The van der Waals surface area contributed by atoms with E-state index < -0.39 is 17.4 Å². The Balaban J connectivity index is 3.98. The minimum absolute atomic E-state index is 0.0503. The molecule has 0 saturated heterocycles. The smallest absolute Gasteiger partial charge is 0.307 e. The van der Waals surface area contributed by atoms with Crippen LogP contribution in [-0.2, 0) is 29.1 Å². The largest absolute Gasteiger partial charge is 0.374 e. The summed E-state index contributed by atoms with van der Waals surface area (Å²) in [7, 11) is 1.55. The Morgan fingerprint density at radius 2 is 1.67 bits per heavy atom. The SMILES string of the molecule is CCC(C)(OOCNNCOC)C(O)NNCOOC(C)(C)CNOC#N. The highest BCUT2D eigenvalue weighted by Gasteiger charge is 2.34. The average Bonchev–Trinajstić information content (AvgIpc) is 2.63. The molecule has 0 aromatic heterocycles. The highest BCUT2D eigenvalue weighted by atomic mass is 17.2. The minimum atomic E-state index is -1.10. The summed E-state index contributed by atoms with van der Waals surface area (Å²) in [6.07, 6.45) is 0.845. The fourth-order valence-electron chi connectivity index (χ4n) is 1.45. The summed E-state index contributed by atoms with van der Waals surface area (Å²) >= 11 is 0. The third-order valence-corrected chi connectivity index (χ3v) is 3.27. The summed E-state index contributed by atoms with van der Waals surface area (Å²) < 4.78 is 4.79. The molecule has 0 rings (SSSR count). The molecule has 27 heavy (non-hydrogen) atoms. The Morgan fingerprint density at radius 1 is 1.04 bits per heavy atom. The van der Waals surface area contributed by atoms with E-state index in [0.717, 1.165) is 0 Å². The molecule has 160 valence electrons. The summed E-state index contributed by atoms with van der Waals surface area (Å²) in [5, 5.41) is 18.5. The van der Waals surface area contributed by atoms with Gasteiger partial charge in [-0.05, 0) is 27.2 Å². The van der Waals surface area contributed by atoms with Crippen molar-refractivity contribution in [2.45, 2.75) is 51.5 Å². The molecule has 6 N–H and O–H groups in total. The number of hydrazine groups is 2. The number of nitriles is 1. The van der Waals surface area contributed by atoms with Crippen LogP contribution >= 0.6 is 0 Å². The number of aliphatic hydroxyl groups excluding tert-OH is 1. The first-order chi connectivity index (χ1) is 12.8. The molecule has 0 aliphatic rings. The fraction of sp³-hybridized carbons (Fsp3) is 0.929. The maximum Gasteiger partial charge on any atom is 0.307 e. The van der Waals surface area contributed by atoms with E-state index in [9.17, 15) is 5.11 Å². The van der Waals surface area contributed by atoms with E-state index >= 15 is 0 Å². The van der Waals surface area contributed by atoms with E-state index in [1.54, 1.807) is 27.9 Å². The van der Waals surface area contributed by atoms with Crippen molar-refractivity contribution in [3.8, 4) is 6.26 Å². The van der Waals surface area contributed by atoms with Gasteiger partial charge in [0, 0.05) is 7.11 Å². The van der Waals surface area contributed by atoms with E-state index in [4.69, 9.17) is 29.5 Å². The Bertz CT molecular complexity index is 412. The lowest BCUT2D eigenvalue weighted by Crippen LogP contribution is -2.55. The van der Waals surface area contributed by atoms with Crippen molar-refractivity contribution < 1.29 is 34.2 Å². The third kappa shape index (κ3) is 12.8. The van der Waals surface area contributed by atoms with Gasteiger partial charge in [-0.1, -0.05) is 6.92 Å². The van der Waals surface area contributed by atoms with Gasteiger partial charge in [-0.2, -0.15) is 0 Å². The number of rotatable bonds is 18. The van der Waals surface area contributed by atoms with Crippen LogP contribution in [0.5, 0.6) is 0 Å². The van der Waals surface area contributed by atoms with E-state index in [-0.39, 0.29) is 20.0 Å². The molecule has 0 aliphatic carbocycles. The van der Waals surface area contributed by atoms with Crippen molar-refractivity contribution >= 4 is 0 Å². The quantitative estimate of drug-likeness (QED) is 0.0543. The molecule has 0 fully saturated rings. The van der Waals surface area contributed by atoms with Crippen molar-refractivity contribution in [2.75, 3.05) is 33.8 Å². The topological polar surface area (TPSA) is 160 Å². The van der Waals surface area contributed by atoms with Crippen LogP contribution in [0.4, 0.5) is 0 Å². The van der Waals surface area contributed by atoms with Gasteiger partial charge in [0.15, 0.2) is 0 Å². The summed E-state index contributed by atoms with van der Waals surface area (Å²) in [5.74, 6) is 0. The zero-order chi connectivity index (χ0) is 20.6. The minimum Gasteiger partial charge on any atom is -0.374 e. The second kappa shape index (κ2) is 14.9. The molecule has 0 aromatic carbocycles. The third-order valence-electron chi connectivity index (χ3n) is 3.27. The highest BCUT2D eigenvalue weighted by Crippen LogP contribution is 2.18. The van der Waals surface area contributed by atoms with Crippen molar-refractivity contribution in [3.05, 3.63) is 0 Å². The van der Waals surface area contributed by atoms with Gasteiger partial charge in [-0.3, -0.25) is 0 Å². The molecule has 0 heterocycles. The van der Waals surface area contributed by atoms with E-state index in [1.165, 1.54) is 6.26 Å². The van der Waals surface area contributed by atoms with E-state index in [0.29, 0.717) is 13.2 Å². The Kier molecular flexibility index (Phi) is 14.2. The standard InChI is InChI=1S/C14H32N6O7/c1-6-14(4,27-25-10-17-16-9-22-5)12(21)20-18-11-24-26-13(2,3)7-19-23-8-15/h12,16-21H,6-7,9-11H2,1-5H3. The number of hydroxylamine groups is 1. The molecule has 0 bridgehead atoms. The zero-order valence-corrected chi connectivity index (χ0v) is 16.5. The van der Waals surface area contributed by atoms with Gasteiger partial charge in [0.2, 0.25) is 0 Å². The normalized spacial score (nSPS) is 15.1. The lowest BCUT2D eigenvalue weighted by molar-refractivity contribution is -0.383.